The van der Waals surface area contributed by atoms with E-state index in [2.05, 4.69) is 5.32 Å². The number of carbonyl (C=O) groups excluding carboxylic acids is 2. The van der Waals surface area contributed by atoms with Gasteiger partial charge in [-0.2, -0.15) is 0 Å². The number of thiocarbonyl (C=S) groups is 1. The van der Waals surface area contributed by atoms with Crippen LogP contribution < -0.4 is 5.32 Å². The maximum absolute atomic E-state index is 12.4. The van der Waals surface area contributed by atoms with Gasteiger partial charge in [0.05, 0.1) is 0 Å². The molecule has 1 aliphatic rings. The lowest BCUT2D eigenvalue weighted by atomic mass is 10.1. The van der Waals surface area contributed by atoms with Gasteiger partial charge in [-0.15, -0.1) is 0 Å². The topological polar surface area (TPSA) is 62.6 Å². The Balaban J connectivity index is 1.80. The second kappa shape index (κ2) is 7.43. The monoisotopic (exact) mass is 392 g/mol. The molecule has 1 fully saturated rings. The lowest BCUT2D eigenvalue weighted by Crippen LogP contribution is -2.53. The van der Waals surface area contributed by atoms with Crippen molar-refractivity contribution in [1.82, 2.24) is 10.2 Å². The summed E-state index contributed by atoms with van der Waals surface area (Å²) in [6.45, 7) is 2.16. The standard InChI is InChI=1S/C17H13ClN2O3S2/c1-2-20-16(22)13(15(21)19-17(20)24)9-11-5-8-14(23-11)25-12-6-3-10(18)4-7-12/h3-9H,2H2,1H3,(H,19,21,24)/b13-9+. The first kappa shape index (κ1) is 17.7. The number of nitrogens with one attached hydrogen (secondary N) is 1. The van der Waals surface area contributed by atoms with E-state index in [-0.39, 0.29) is 10.7 Å². The number of nitrogens with zero attached hydrogens (tertiary/aromatic N) is 1. The van der Waals surface area contributed by atoms with E-state index in [0.717, 1.165) is 4.90 Å². The van der Waals surface area contributed by atoms with Gasteiger partial charge < -0.3 is 4.42 Å². The Hall–Kier alpha value is -2.09. The summed E-state index contributed by atoms with van der Waals surface area (Å²) in [6, 6.07) is 10.8. The number of amides is 2. The van der Waals surface area contributed by atoms with Crippen molar-refractivity contribution in [2.24, 2.45) is 0 Å². The third kappa shape index (κ3) is 3.95. The highest BCUT2D eigenvalue weighted by atomic mass is 35.5. The van der Waals surface area contributed by atoms with Crippen LogP contribution in [0.4, 0.5) is 0 Å². The highest BCUT2D eigenvalue weighted by Gasteiger charge is 2.32. The van der Waals surface area contributed by atoms with E-state index in [0.29, 0.717) is 22.4 Å². The number of furan rings is 1. The summed E-state index contributed by atoms with van der Waals surface area (Å²) in [4.78, 5) is 26.7. The molecule has 0 radical (unpaired) electrons. The fraction of sp³-hybridized carbons (Fsp3) is 0.118. The zero-order valence-corrected chi connectivity index (χ0v) is 15.5. The minimum absolute atomic E-state index is 0.00663. The van der Waals surface area contributed by atoms with Crippen molar-refractivity contribution in [3.05, 3.63) is 52.8 Å². The Morgan fingerprint density at radius 2 is 1.96 bits per heavy atom. The summed E-state index contributed by atoms with van der Waals surface area (Å²) in [6.07, 6.45) is 1.42. The molecule has 0 spiro atoms. The van der Waals surface area contributed by atoms with Crippen molar-refractivity contribution >= 4 is 58.6 Å². The van der Waals surface area contributed by atoms with Gasteiger partial charge in [-0.1, -0.05) is 23.4 Å². The zero-order chi connectivity index (χ0) is 18.0. The number of rotatable bonds is 4. The molecule has 1 saturated heterocycles. The summed E-state index contributed by atoms with van der Waals surface area (Å²) in [5.41, 5.74) is -0.00663. The quantitative estimate of drug-likeness (QED) is 0.488. The smallest absolute Gasteiger partial charge is 0.265 e. The predicted molar refractivity (Wildman–Crippen MR) is 100 cm³/mol. The first-order valence-corrected chi connectivity index (χ1v) is 9.00. The van der Waals surface area contributed by atoms with Crippen LogP contribution in [0.2, 0.25) is 5.02 Å². The molecule has 5 nitrogen and oxygen atoms in total. The first-order chi connectivity index (χ1) is 12.0. The van der Waals surface area contributed by atoms with Gasteiger partial charge in [-0.05, 0) is 61.6 Å². The number of hydrogen-bond acceptors (Lipinski definition) is 5. The highest BCUT2D eigenvalue weighted by molar-refractivity contribution is 7.99. The van der Waals surface area contributed by atoms with Gasteiger partial charge in [0.15, 0.2) is 10.2 Å². The third-order valence-electron chi connectivity index (χ3n) is 3.42. The largest absolute Gasteiger partial charge is 0.450 e. The molecule has 2 heterocycles. The number of halogens is 1. The Kier molecular flexibility index (Phi) is 5.27. The molecule has 2 amide bonds. The molecule has 1 aromatic heterocycles. The molecule has 1 N–H and O–H groups in total. The lowest BCUT2D eigenvalue weighted by Gasteiger charge is -2.27. The molecule has 25 heavy (non-hydrogen) atoms. The Labute approximate surface area is 159 Å². The number of likely N-dealkylation sites (N-methyl/N-ethyl adjacent to an activating group) is 1. The molecule has 0 bridgehead atoms. The van der Waals surface area contributed by atoms with Gasteiger partial charge in [-0.25, -0.2) is 0 Å². The molecular weight excluding hydrogens is 380 g/mol. The van der Waals surface area contributed by atoms with Crippen molar-refractivity contribution in [3.63, 3.8) is 0 Å². The fourth-order valence-electron chi connectivity index (χ4n) is 2.21. The minimum atomic E-state index is -0.525. The van der Waals surface area contributed by atoms with Crippen LogP contribution in [-0.4, -0.2) is 28.4 Å². The second-order valence-corrected chi connectivity index (χ2v) is 6.98. The molecule has 2 aromatic rings. The van der Waals surface area contributed by atoms with Crippen LogP contribution in [0.3, 0.4) is 0 Å². The lowest BCUT2D eigenvalue weighted by molar-refractivity contribution is -0.128. The Morgan fingerprint density at radius 3 is 2.64 bits per heavy atom. The van der Waals surface area contributed by atoms with Gasteiger partial charge in [0.1, 0.15) is 11.3 Å². The molecule has 0 atom stereocenters. The molecule has 8 heteroatoms. The van der Waals surface area contributed by atoms with Gasteiger partial charge >= 0.3 is 0 Å². The molecular formula is C17H13ClN2O3S2. The number of hydrogen-bond donors (Lipinski definition) is 1. The highest BCUT2D eigenvalue weighted by Crippen LogP contribution is 2.30. The molecule has 3 rings (SSSR count). The molecule has 0 saturated carbocycles. The van der Waals surface area contributed by atoms with Gasteiger partial charge in [0, 0.05) is 16.5 Å². The van der Waals surface area contributed by atoms with Gasteiger partial charge in [0.2, 0.25) is 0 Å². The molecule has 0 unspecified atom stereocenters. The summed E-state index contributed by atoms with van der Waals surface area (Å²) >= 11 is 12.3. The van der Waals surface area contributed by atoms with E-state index in [9.17, 15) is 9.59 Å². The molecule has 1 aliphatic heterocycles. The average molecular weight is 393 g/mol. The Bertz CT molecular complexity index is 874. The van der Waals surface area contributed by atoms with Crippen molar-refractivity contribution in [1.29, 1.82) is 0 Å². The van der Waals surface area contributed by atoms with Crippen LogP contribution >= 0.6 is 35.6 Å². The van der Waals surface area contributed by atoms with Gasteiger partial charge in [0.25, 0.3) is 11.8 Å². The second-order valence-electron chi connectivity index (χ2n) is 5.08. The van der Waals surface area contributed by atoms with Crippen LogP contribution in [0, 0.1) is 0 Å². The van der Waals surface area contributed by atoms with E-state index in [1.54, 1.807) is 31.2 Å². The molecule has 0 aliphatic carbocycles. The van der Waals surface area contributed by atoms with E-state index < -0.39 is 11.8 Å². The van der Waals surface area contributed by atoms with E-state index in [1.807, 2.05) is 12.1 Å². The number of carbonyl (C=O) groups is 2. The van der Waals surface area contributed by atoms with Crippen molar-refractivity contribution < 1.29 is 14.0 Å². The Morgan fingerprint density at radius 1 is 1.24 bits per heavy atom. The van der Waals surface area contributed by atoms with Crippen molar-refractivity contribution in [3.8, 4) is 0 Å². The van der Waals surface area contributed by atoms with Crippen LogP contribution in [0.15, 0.2) is 56.4 Å². The van der Waals surface area contributed by atoms with Crippen LogP contribution in [0.5, 0.6) is 0 Å². The summed E-state index contributed by atoms with van der Waals surface area (Å²) in [5.74, 6) is -0.540. The van der Waals surface area contributed by atoms with E-state index in [1.165, 1.54) is 22.7 Å². The SMILES string of the molecule is CCN1C(=O)/C(=C/c2ccc(Sc3ccc(Cl)cc3)o2)C(=O)NC1=S. The summed E-state index contributed by atoms with van der Waals surface area (Å²) in [7, 11) is 0. The average Bonchev–Trinajstić information content (AvgIpc) is 3.01. The third-order valence-corrected chi connectivity index (χ3v) is 4.93. The van der Waals surface area contributed by atoms with E-state index >= 15 is 0 Å². The normalized spacial score (nSPS) is 16.5. The first-order valence-electron chi connectivity index (χ1n) is 7.40. The van der Waals surface area contributed by atoms with Crippen LogP contribution in [0.1, 0.15) is 12.7 Å². The van der Waals surface area contributed by atoms with E-state index in [4.69, 9.17) is 28.2 Å². The fourth-order valence-corrected chi connectivity index (χ4v) is 3.42. The zero-order valence-electron chi connectivity index (χ0n) is 13.1. The summed E-state index contributed by atoms with van der Waals surface area (Å²) in [5, 5.41) is 3.92. The maximum atomic E-state index is 12.4. The van der Waals surface area contributed by atoms with Gasteiger partial charge in [-0.3, -0.25) is 19.8 Å². The van der Waals surface area contributed by atoms with Crippen molar-refractivity contribution in [2.75, 3.05) is 6.54 Å². The molecule has 128 valence electrons. The summed E-state index contributed by atoms with van der Waals surface area (Å²) < 4.78 is 5.68. The number of benzene rings is 1. The van der Waals surface area contributed by atoms with Crippen LogP contribution in [-0.2, 0) is 9.59 Å². The van der Waals surface area contributed by atoms with Crippen molar-refractivity contribution in [2.45, 2.75) is 16.9 Å². The molecule has 1 aromatic carbocycles. The maximum Gasteiger partial charge on any atom is 0.265 e. The minimum Gasteiger partial charge on any atom is -0.450 e. The van der Waals surface area contributed by atoms with Crippen LogP contribution in [0.25, 0.3) is 6.08 Å². The predicted octanol–water partition coefficient (Wildman–Crippen LogP) is 3.73.